The van der Waals surface area contributed by atoms with E-state index in [1.165, 1.54) is 28.7 Å². The molecule has 0 aromatic heterocycles. The van der Waals surface area contributed by atoms with Crippen LogP contribution < -0.4 is 5.32 Å². The van der Waals surface area contributed by atoms with Gasteiger partial charge in [-0.1, -0.05) is 24.6 Å². The maximum absolute atomic E-state index is 13.7. The van der Waals surface area contributed by atoms with Crippen molar-refractivity contribution in [2.45, 2.75) is 65.8 Å². The lowest BCUT2D eigenvalue weighted by Gasteiger charge is -2.53. The number of fused-ring (bicyclic) bond motifs is 1. The first-order valence-corrected chi connectivity index (χ1v) is 12.8. The van der Waals surface area contributed by atoms with Gasteiger partial charge in [-0.15, -0.1) is 0 Å². The molecule has 5 nitrogen and oxygen atoms in total. The number of hydrogen-bond donors (Lipinski definition) is 1. The number of hydrogen-bond acceptors (Lipinski definition) is 4. The molecule has 0 spiro atoms. The zero-order valence-corrected chi connectivity index (χ0v) is 20.7. The maximum atomic E-state index is 13.7. The van der Waals surface area contributed by atoms with Gasteiger partial charge in [0.25, 0.3) is 0 Å². The number of nitrogens with one attached hydrogen (secondary N) is 1. The van der Waals surface area contributed by atoms with E-state index in [-0.39, 0.29) is 5.41 Å². The van der Waals surface area contributed by atoms with Crippen molar-refractivity contribution in [1.29, 1.82) is 0 Å². The molecule has 1 aromatic carbocycles. The molecule has 4 rings (SSSR count). The number of nitrogens with zero attached hydrogens (tertiary/aromatic N) is 2. The van der Waals surface area contributed by atoms with Crippen LogP contribution in [0.3, 0.4) is 0 Å². The van der Waals surface area contributed by atoms with E-state index in [4.69, 9.17) is 4.74 Å². The van der Waals surface area contributed by atoms with Gasteiger partial charge in [-0.2, -0.15) is 0 Å². The normalized spacial score (nSPS) is 29.5. The van der Waals surface area contributed by atoms with Gasteiger partial charge in [0.2, 0.25) is 5.91 Å². The Balaban J connectivity index is 1.43. The molecule has 1 N–H and O–H groups in total. The van der Waals surface area contributed by atoms with Crippen molar-refractivity contribution in [3.8, 4) is 0 Å². The van der Waals surface area contributed by atoms with Crippen LogP contribution in [0, 0.1) is 32.1 Å². The van der Waals surface area contributed by atoms with E-state index >= 15 is 0 Å². The molecular formula is C27H43N3O2. The van der Waals surface area contributed by atoms with Crippen molar-refractivity contribution in [2.24, 2.45) is 11.3 Å². The standard InChI is InChI=1S/C27H43N3O2/c1-5-29-11-8-23-18-24(30-12-14-32-15-13-30)6-9-27(23,19-29)26(31)28-10-7-25-21(3)16-20(2)17-22(25)4/h16-17,23-24H,5-15,18-19H2,1-4H3,(H,28,31)/t23-,24+,27-/m1/s1. The number of morpholine rings is 1. The number of aryl methyl sites for hydroxylation is 3. The number of piperidine rings is 1. The minimum atomic E-state index is -0.214. The third-order valence-corrected chi connectivity index (χ3v) is 8.52. The van der Waals surface area contributed by atoms with Gasteiger partial charge in [0.1, 0.15) is 0 Å². The van der Waals surface area contributed by atoms with Crippen molar-refractivity contribution in [1.82, 2.24) is 15.1 Å². The van der Waals surface area contributed by atoms with E-state index in [1.807, 2.05) is 0 Å². The highest BCUT2D eigenvalue weighted by Gasteiger charge is 2.52. The molecule has 0 radical (unpaired) electrons. The summed E-state index contributed by atoms with van der Waals surface area (Å²) in [6.07, 6.45) is 5.39. The molecule has 3 fully saturated rings. The fourth-order valence-corrected chi connectivity index (χ4v) is 6.72. The summed E-state index contributed by atoms with van der Waals surface area (Å²) in [4.78, 5) is 18.9. The molecule has 0 unspecified atom stereocenters. The topological polar surface area (TPSA) is 44.8 Å². The minimum Gasteiger partial charge on any atom is -0.379 e. The molecule has 1 amide bonds. The average molecular weight is 442 g/mol. The molecule has 1 saturated carbocycles. The number of carbonyl (C=O) groups is 1. The zero-order chi connectivity index (χ0) is 22.7. The Morgan fingerprint density at radius 3 is 2.53 bits per heavy atom. The number of amides is 1. The second-order valence-corrected chi connectivity index (χ2v) is 10.5. The molecule has 1 aromatic rings. The number of likely N-dealkylation sites (tertiary alicyclic amines) is 1. The molecule has 2 saturated heterocycles. The molecule has 2 heterocycles. The van der Waals surface area contributed by atoms with E-state index < -0.39 is 0 Å². The van der Waals surface area contributed by atoms with E-state index in [0.717, 1.165) is 78.2 Å². The maximum Gasteiger partial charge on any atom is 0.227 e. The van der Waals surface area contributed by atoms with Crippen molar-refractivity contribution in [3.05, 3.63) is 34.4 Å². The van der Waals surface area contributed by atoms with Crippen LogP contribution in [0.1, 0.15) is 54.9 Å². The number of rotatable bonds is 6. The first kappa shape index (κ1) is 23.7. The molecule has 32 heavy (non-hydrogen) atoms. The highest BCUT2D eigenvalue weighted by Crippen LogP contribution is 2.47. The second kappa shape index (κ2) is 10.2. The summed E-state index contributed by atoms with van der Waals surface area (Å²) in [5.41, 5.74) is 5.17. The number of benzene rings is 1. The van der Waals surface area contributed by atoms with Crippen LogP contribution in [0.5, 0.6) is 0 Å². The van der Waals surface area contributed by atoms with Gasteiger partial charge in [-0.3, -0.25) is 9.69 Å². The first-order valence-electron chi connectivity index (χ1n) is 12.8. The van der Waals surface area contributed by atoms with E-state index in [1.54, 1.807) is 0 Å². The molecule has 1 aliphatic carbocycles. The molecule has 3 atom stereocenters. The predicted molar refractivity (Wildman–Crippen MR) is 130 cm³/mol. The Hall–Kier alpha value is -1.43. The highest BCUT2D eigenvalue weighted by molar-refractivity contribution is 5.83. The lowest BCUT2D eigenvalue weighted by Crippen LogP contribution is -2.61. The Morgan fingerprint density at radius 1 is 1.12 bits per heavy atom. The van der Waals surface area contributed by atoms with Crippen LogP contribution in [0.15, 0.2) is 12.1 Å². The Kier molecular flexibility index (Phi) is 7.58. The molecule has 2 aliphatic heterocycles. The summed E-state index contributed by atoms with van der Waals surface area (Å²) >= 11 is 0. The molecule has 0 bridgehead atoms. The number of carbonyl (C=O) groups excluding carboxylic acids is 1. The van der Waals surface area contributed by atoms with E-state index in [0.29, 0.717) is 17.9 Å². The number of ether oxygens (including phenoxy) is 1. The molecule has 178 valence electrons. The Bertz CT molecular complexity index is 781. The van der Waals surface area contributed by atoms with Crippen LogP contribution >= 0.6 is 0 Å². The third-order valence-electron chi connectivity index (χ3n) is 8.52. The summed E-state index contributed by atoms with van der Waals surface area (Å²) in [6, 6.07) is 5.13. The third kappa shape index (κ3) is 4.90. The quantitative estimate of drug-likeness (QED) is 0.734. The first-order chi connectivity index (χ1) is 15.4. The van der Waals surface area contributed by atoms with Crippen LogP contribution in [0.4, 0.5) is 0 Å². The largest absolute Gasteiger partial charge is 0.379 e. The van der Waals surface area contributed by atoms with Gasteiger partial charge >= 0.3 is 0 Å². The summed E-state index contributed by atoms with van der Waals surface area (Å²) < 4.78 is 5.58. The fourth-order valence-electron chi connectivity index (χ4n) is 6.72. The second-order valence-electron chi connectivity index (χ2n) is 10.5. The summed E-state index contributed by atoms with van der Waals surface area (Å²) in [7, 11) is 0. The van der Waals surface area contributed by atoms with Gasteiger partial charge in [-0.25, -0.2) is 0 Å². The van der Waals surface area contributed by atoms with E-state index in [9.17, 15) is 4.79 Å². The van der Waals surface area contributed by atoms with Gasteiger partial charge in [0.05, 0.1) is 18.6 Å². The molecular weight excluding hydrogens is 398 g/mol. The van der Waals surface area contributed by atoms with Gasteiger partial charge in [0.15, 0.2) is 0 Å². The summed E-state index contributed by atoms with van der Waals surface area (Å²) in [6.45, 7) is 16.4. The lowest BCUT2D eigenvalue weighted by atomic mass is 9.61. The van der Waals surface area contributed by atoms with Crippen molar-refractivity contribution >= 4 is 5.91 Å². The molecule has 5 heteroatoms. The summed E-state index contributed by atoms with van der Waals surface area (Å²) in [5, 5.41) is 3.40. The van der Waals surface area contributed by atoms with Crippen LogP contribution in [0.25, 0.3) is 0 Å². The average Bonchev–Trinajstić information content (AvgIpc) is 2.80. The Morgan fingerprint density at radius 2 is 1.84 bits per heavy atom. The zero-order valence-electron chi connectivity index (χ0n) is 20.7. The fraction of sp³-hybridized carbons (Fsp3) is 0.741. The molecule has 3 aliphatic rings. The minimum absolute atomic E-state index is 0.214. The highest BCUT2D eigenvalue weighted by atomic mass is 16.5. The van der Waals surface area contributed by atoms with Crippen molar-refractivity contribution in [2.75, 3.05) is 52.5 Å². The van der Waals surface area contributed by atoms with Crippen LogP contribution in [0.2, 0.25) is 0 Å². The van der Waals surface area contributed by atoms with Crippen LogP contribution in [-0.2, 0) is 16.0 Å². The monoisotopic (exact) mass is 441 g/mol. The smallest absolute Gasteiger partial charge is 0.227 e. The SMILES string of the molecule is CCN1CC[C@@H]2C[C@@H](N3CCOCC3)CC[C@@]2(C(=O)NCCc2c(C)cc(C)cc2C)C1. The lowest BCUT2D eigenvalue weighted by molar-refractivity contribution is -0.144. The van der Waals surface area contributed by atoms with Gasteiger partial charge in [0, 0.05) is 32.2 Å². The Labute approximate surface area is 194 Å². The van der Waals surface area contributed by atoms with Crippen molar-refractivity contribution in [3.63, 3.8) is 0 Å². The van der Waals surface area contributed by atoms with E-state index in [2.05, 4.69) is 54.9 Å². The van der Waals surface area contributed by atoms with Crippen molar-refractivity contribution < 1.29 is 9.53 Å². The van der Waals surface area contributed by atoms with Gasteiger partial charge in [-0.05, 0) is 88.6 Å². The van der Waals surface area contributed by atoms with Gasteiger partial charge < -0.3 is 15.0 Å². The summed E-state index contributed by atoms with van der Waals surface area (Å²) in [5.74, 6) is 0.804. The predicted octanol–water partition coefficient (Wildman–Crippen LogP) is 3.48. The van der Waals surface area contributed by atoms with Crippen LogP contribution in [-0.4, -0.2) is 74.2 Å².